The summed E-state index contributed by atoms with van der Waals surface area (Å²) >= 11 is 2.89. The lowest BCUT2D eigenvalue weighted by Crippen LogP contribution is -2.41. The van der Waals surface area contributed by atoms with Crippen molar-refractivity contribution in [2.24, 2.45) is 0 Å². The van der Waals surface area contributed by atoms with Gasteiger partial charge in [0.15, 0.2) is 0 Å². The molecule has 0 fully saturated rings. The van der Waals surface area contributed by atoms with Gasteiger partial charge in [-0.15, -0.1) is 0 Å². The van der Waals surface area contributed by atoms with Gasteiger partial charge >= 0.3 is 18.3 Å². The average molecular weight is 316 g/mol. The Labute approximate surface area is 101 Å². The van der Waals surface area contributed by atoms with Crippen molar-refractivity contribution in [2.75, 3.05) is 11.1 Å². The molecule has 17 heavy (non-hydrogen) atoms. The second-order valence-corrected chi connectivity index (χ2v) is 3.83. The van der Waals surface area contributed by atoms with E-state index in [9.17, 15) is 22.4 Å². The van der Waals surface area contributed by atoms with Crippen LogP contribution >= 0.6 is 15.9 Å². The summed E-state index contributed by atoms with van der Waals surface area (Å²) in [4.78, 5) is 14.4. The predicted molar refractivity (Wildman–Crippen MR) is 55.9 cm³/mol. The Balaban J connectivity index is 2.89. The summed E-state index contributed by atoms with van der Waals surface area (Å²) in [6, 6.07) is 1.28. The van der Waals surface area contributed by atoms with E-state index in [0.717, 1.165) is 6.20 Å². The fourth-order valence-electron chi connectivity index (χ4n) is 0.835. The Morgan fingerprint density at radius 3 is 2.59 bits per heavy atom. The molecular formula is C8H6BrF4N3O. The highest BCUT2D eigenvalue weighted by atomic mass is 79.9. The van der Waals surface area contributed by atoms with E-state index in [4.69, 9.17) is 5.73 Å². The number of alkyl halides is 4. The van der Waals surface area contributed by atoms with Gasteiger partial charge in [-0.1, -0.05) is 0 Å². The summed E-state index contributed by atoms with van der Waals surface area (Å²) in [5.41, 5.74) is 5.54. The molecule has 0 atom stereocenters. The number of aromatic nitrogens is 1. The molecule has 0 unspecified atom stereocenters. The lowest BCUT2D eigenvalue weighted by molar-refractivity contribution is -0.163. The van der Waals surface area contributed by atoms with Crippen LogP contribution in [0, 0.1) is 0 Å². The van der Waals surface area contributed by atoms with Gasteiger partial charge in [0, 0.05) is 0 Å². The molecule has 0 saturated carbocycles. The van der Waals surface area contributed by atoms with Crippen molar-refractivity contribution in [1.82, 2.24) is 4.98 Å². The molecule has 0 aliphatic rings. The van der Waals surface area contributed by atoms with Crippen molar-refractivity contribution in [3.05, 3.63) is 16.7 Å². The number of amides is 1. The highest BCUT2D eigenvalue weighted by molar-refractivity contribution is 9.10. The van der Waals surface area contributed by atoms with E-state index >= 15 is 0 Å². The van der Waals surface area contributed by atoms with Crippen LogP contribution in [0.1, 0.15) is 0 Å². The zero-order valence-electron chi connectivity index (χ0n) is 8.05. The van der Waals surface area contributed by atoms with Crippen molar-refractivity contribution < 1.29 is 22.4 Å². The third kappa shape index (κ3) is 3.05. The minimum absolute atomic E-state index is 0.107. The molecule has 0 radical (unpaired) electrons. The molecule has 0 saturated heterocycles. The van der Waals surface area contributed by atoms with Crippen LogP contribution in [0.15, 0.2) is 16.7 Å². The van der Waals surface area contributed by atoms with E-state index in [1.165, 1.54) is 6.07 Å². The van der Waals surface area contributed by atoms with Gasteiger partial charge in [-0.2, -0.15) is 8.78 Å². The van der Waals surface area contributed by atoms with Gasteiger partial charge < -0.3 is 11.1 Å². The number of anilines is 2. The van der Waals surface area contributed by atoms with Crippen LogP contribution in [-0.2, 0) is 4.79 Å². The normalized spacial score (nSPS) is 11.6. The zero-order valence-corrected chi connectivity index (χ0v) is 9.64. The SMILES string of the molecule is Nc1cnc(NC(=O)C(F)(F)C(F)F)c(Br)c1. The van der Waals surface area contributed by atoms with Gasteiger partial charge in [0.2, 0.25) is 0 Å². The van der Waals surface area contributed by atoms with E-state index in [1.807, 2.05) is 0 Å². The predicted octanol–water partition coefficient (Wildman–Crippen LogP) is 2.27. The number of hydrogen-bond donors (Lipinski definition) is 2. The number of nitrogens with two attached hydrogens (primary N) is 1. The number of pyridine rings is 1. The molecule has 0 spiro atoms. The lowest BCUT2D eigenvalue weighted by Gasteiger charge is -2.14. The molecule has 1 aromatic rings. The fraction of sp³-hybridized carbons (Fsp3) is 0.250. The smallest absolute Gasteiger partial charge is 0.383 e. The van der Waals surface area contributed by atoms with Crippen molar-refractivity contribution >= 4 is 33.3 Å². The van der Waals surface area contributed by atoms with Crippen LogP contribution in [0.5, 0.6) is 0 Å². The topological polar surface area (TPSA) is 68.0 Å². The van der Waals surface area contributed by atoms with Crippen LogP contribution < -0.4 is 11.1 Å². The zero-order chi connectivity index (χ0) is 13.2. The molecule has 3 N–H and O–H groups in total. The Morgan fingerprint density at radius 1 is 1.53 bits per heavy atom. The number of nitrogens with one attached hydrogen (secondary N) is 1. The molecule has 9 heteroatoms. The van der Waals surface area contributed by atoms with Crippen molar-refractivity contribution in [3.8, 4) is 0 Å². The van der Waals surface area contributed by atoms with E-state index < -0.39 is 18.3 Å². The van der Waals surface area contributed by atoms with Gasteiger partial charge in [-0.05, 0) is 22.0 Å². The number of nitrogens with zero attached hydrogens (tertiary/aromatic N) is 1. The van der Waals surface area contributed by atoms with Crippen molar-refractivity contribution in [3.63, 3.8) is 0 Å². The van der Waals surface area contributed by atoms with Crippen LogP contribution in [-0.4, -0.2) is 23.2 Å². The first-order valence-corrected chi connectivity index (χ1v) is 4.93. The Bertz CT molecular complexity index is 441. The number of carbonyl (C=O) groups is 1. The van der Waals surface area contributed by atoms with Gasteiger partial charge in [0.25, 0.3) is 0 Å². The number of nitrogen functional groups attached to an aromatic ring is 1. The minimum Gasteiger partial charge on any atom is -0.397 e. The molecule has 0 aromatic carbocycles. The summed E-state index contributed by atoms with van der Waals surface area (Å²) in [5, 5.41) is 1.58. The van der Waals surface area contributed by atoms with Gasteiger partial charge in [-0.25, -0.2) is 13.8 Å². The summed E-state index contributed by atoms with van der Waals surface area (Å²) < 4.78 is 49.1. The first kappa shape index (κ1) is 13.7. The van der Waals surface area contributed by atoms with E-state index in [0.29, 0.717) is 0 Å². The number of halogens is 5. The molecular weight excluding hydrogens is 310 g/mol. The first-order valence-electron chi connectivity index (χ1n) is 4.13. The maximum atomic E-state index is 12.6. The van der Waals surface area contributed by atoms with Gasteiger partial charge in [0.1, 0.15) is 5.82 Å². The van der Waals surface area contributed by atoms with Gasteiger partial charge in [-0.3, -0.25) is 4.79 Å². The summed E-state index contributed by atoms with van der Waals surface area (Å²) in [6.45, 7) is 0. The largest absolute Gasteiger partial charge is 0.397 e. The van der Waals surface area contributed by atoms with E-state index in [2.05, 4.69) is 20.9 Å². The van der Waals surface area contributed by atoms with Crippen LogP contribution in [0.25, 0.3) is 0 Å². The fourth-order valence-corrected chi connectivity index (χ4v) is 1.30. The quantitative estimate of drug-likeness (QED) is 0.841. The monoisotopic (exact) mass is 315 g/mol. The second-order valence-electron chi connectivity index (χ2n) is 2.98. The third-order valence-corrected chi connectivity index (χ3v) is 2.28. The maximum absolute atomic E-state index is 12.6. The molecule has 1 aromatic heterocycles. The second kappa shape index (κ2) is 4.86. The van der Waals surface area contributed by atoms with E-state index in [1.54, 1.807) is 5.32 Å². The molecule has 1 rings (SSSR count). The van der Waals surface area contributed by atoms with Crippen molar-refractivity contribution in [1.29, 1.82) is 0 Å². The molecule has 1 amide bonds. The maximum Gasteiger partial charge on any atom is 0.383 e. The molecule has 1 heterocycles. The molecule has 0 aliphatic heterocycles. The van der Waals surface area contributed by atoms with Crippen LogP contribution in [0.4, 0.5) is 29.1 Å². The molecule has 0 aliphatic carbocycles. The Hall–Kier alpha value is -1.38. The average Bonchev–Trinajstić information content (AvgIpc) is 2.21. The number of hydrogen-bond acceptors (Lipinski definition) is 3. The Morgan fingerprint density at radius 2 is 2.12 bits per heavy atom. The minimum atomic E-state index is -4.78. The van der Waals surface area contributed by atoms with Crippen molar-refractivity contribution in [2.45, 2.75) is 12.3 Å². The number of carbonyl (C=O) groups excluding carboxylic acids is 1. The van der Waals surface area contributed by atoms with Crippen LogP contribution in [0.2, 0.25) is 0 Å². The lowest BCUT2D eigenvalue weighted by atomic mass is 10.3. The van der Waals surface area contributed by atoms with Gasteiger partial charge in [0.05, 0.1) is 16.4 Å². The third-order valence-electron chi connectivity index (χ3n) is 1.67. The highest BCUT2D eigenvalue weighted by Crippen LogP contribution is 2.27. The molecule has 4 nitrogen and oxygen atoms in total. The summed E-state index contributed by atoms with van der Waals surface area (Å²) in [6.07, 6.45) is -3.00. The van der Waals surface area contributed by atoms with Crippen LogP contribution in [0.3, 0.4) is 0 Å². The standard InChI is InChI=1S/C8H6BrF4N3O/c9-4-1-3(14)2-15-5(4)16-7(17)8(12,13)6(10)11/h1-2,6H,14H2,(H,15,16,17). The molecule has 0 bridgehead atoms. The molecule has 94 valence electrons. The summed E-state index contributed by atoms with van der Waals surface area (Å²) in [5.74, 6) is -7.22. The number of rotatable bonds is 3. The Kier molecular flexibility index (Phi) is 3.91. The first-order chi connectivity index (χ1) is 7.75. The van der Waals surface area contributed by atoms with E-state index in [-0.39, 0.29) is 16.0 Å². The highest BCUT2D eigenvalue weighted by Gasteiger charge is 2.49. The summed E-state index contributed by atoms with van der Waals surface area (Å²) in [7, 11) is 0.